The molecule has 1 unspecified atom stereocenters. The van der Waals surface area contributed by atoms with Gasteiger partial charge in [-0.15, -0.1) is 0 Å². The summed E-state index contributed by atoms with van der Waals surface area (Å²) < 4.78 is 47.5. The lowest BCUT2D eigenvalue weighted by atomic mass is 10.1. The van der Waals surface area contributed by atoms with Crippen LogP contribution in [0.5, 0.6) is 11.5 Å². The van der Waals surface area contributed by atoms with Crippen molar-refractivity contribution >= 4 is 11.5 Å². The number of nitrogens with one attached hydrogen (secondary N) is 1. The molecule has 1 aromatic carbocycles. The maximum absolute atomic E-state index is 12.6. The van der Waals surface area contributed by atoms with Gasteiger partial charge in [0, 0.05) is 12.1 Å². The summed E-state index contributed by atoms with van der Waals surface area (Å²) in [7, 11) is 1.29. The van der Waals surface area contributed by atoms with Gasteiger partial charge < -0.3 is 15.2 Å². The molecule has 21 heavy (non-hydrogen) atoms. The average Bonchev–Trinajstić information content (AvgIpc) is 2.36. The molecule has 0 aliphatic rings. The maximum atomic E-state index is 12.6. The minimum absolute atomic E-state index is 0.182. The van der Waals surface area contributed by atoms with Gasteiger partial charge in [0.2, 0.25) is 5.75 Å². The zero-order valence-electron chi connectivity index (χ0n) is 10.8. The summed E-state index contributed by atoms with van der Waals surface area (Å²) in [5.74, 6) is -3.69. The summed E-state index contributed by atoms with van der Waals surface area (Å²) in [4.78, 5) is 9.99. The fourth-order valence-electron chi connectivity index (χ4n) is 1.42. The molecule has 0 spiro atoms. The molecule has 7 nitrogen and oxygen atoms in total. The monoisotopic (exact) mass is 307 g/mol. The van der Waals surface area contributed by atoms with E-state index in [-0.39, 0.29) is 5.75 Å². The highest BCUT2D eigenvalue weighted by Crippen LogP contribution is 2.33. The second-order valence-corrected chi connectivity index (χ2v) is 3.95. The molecule has 1 rings (SSSR count). The summed E-state index contributed by atoms with van der Waals surface area (Å²) in [5, 5.41) is 17.7. The molecular formula is C11H12F3N3O4. The van der Waals surface area contributed by atoms with Crippen LogP contribution >= 0.6 is 0 Å². The third-order valence-electron chi connectivity index (χ3n) is 2.54. The van der Waals surface area contributed by atoms with Gasteiger partial charge in [-0.3, -0.25) is 15.5 Å². The molecule has 0 fully saturated rings. The number of halogens is 3. The first kappa shape index (κ1) is 16.5. The van der Waals surface area contributed by atoms with E-state index in [1.165, 1.54) is 13.2 Å². The van der Waals surface area contributed by atoms with Crippen LogP contribution in [0, 0.1) is 21.4 Å². The number of nitro benzene ring substituents is 1. The lowest BCUT2D eigenvalue weighted by Gasteiger charge is -2.19. The Bertz CT molecular complexity index is 548. The topological polar surface area (TPSA) is 111 Å². The molecule has 1 atom stereocenters. The second kappa shape index (κ2) is 6.29. The molecule has 0 aliphatic carbocycles. The molecule has 1 aromatic rings. The van der Waals surface area contributed by atoms with Crippen molar-refractivity contribution in [2.75, 3.05) is 13.7 Å². The molecule has 0 saturated carbocycles. The van der Waals surface area contributed by atoms with Gasteiger partial charge in [0.05, 0.1) is 12.0 Å². The Balaban J connectivity index is 3.01. The highest BCUT2D eigenvalue weighted by molar-refractivity contribution is 5.80. The third kappa shape index (κ3) is 4.23. The zero-order chi connectivity index (χ0) is 16.2. The number of rotatable bonds is 6. The summed E-state index contributed by atoms with van der Waals surface area (Å²) in [5.41, 5.74) is 4.35. The fourth-order valence-corrected chi connectivity index (χ4v) is 1.42. The largest absolute Gasteiger partial charge is 0.497 e. The fraction of sp³-hybridized carbons (Fsp3) is 0.364. The average molecular weight is 307 g/mol. The second-order valence-electron chi connectivity index (χ2n) is 3.95. The van der Waals surface area contributed by atoms with Gasteiger partial charge in [-0.25, -0.2) is 0 Å². The Morgan fingerprint density at radius 2 is 2.14 bits per heavy atom. The van der Waals surface area contributed by atoms with E-state index in [1.54, 1.807) is 0 Å². The molecule has 0 saturated heterocycles. The van der Waals surface area contributed by atoms with Crippen molar-refractivity contribution in [1.29, 1.82) is 5.41 Å². The van der Waals surface area contributed by atoms with Crippen LogP contribution < -0.4 is 15.2 Å². The first-order chi connectivity index (χ1) is 9.66. The number of nitro groups is 1. The van der Waals surface area contributed by atoms with Gasteiger partial charge in [0.15, 0.2) is 0 Å². The zero-order valence-corrected chi connectivity index (χ0v) is 10.8. The first-order valence-electron chi connectivity index (χ1n) is 5.52. The summed E-state index contributed by atoms with van der Waals surface area (Å²) in [6.45, 7) is -1.03. The van der Waals surface area contributed by atoms with Crippen molar-refractivity contribution in [3.8, 4) is 11.5 Å². The van der Waals surface area contributed by atoms with Crippen molar-refractivity contribution in [1.82, 2.24) is 0 Å². The Morgan fingerprint density at radius 1 is 1.52 bits per heavy atom. The standard InChI is InChI=1S/C11H12F3N3O4/c1-20-6-2-3-8(17(18)19)9(4-6)21-5-7(10(15)16)11(12,13)14/h2-4,7H,5H2,1H3,(H3,15,16). The molecule has 0 aliphatic heterocycles. The molecule has 0 radical (unpaired) electrons. The molecule has 10 heteroatoms. The van der Waals surface area contributed by atoms with E-state index in [2.05, 4.69) is 0 Å². The highest BCUT2D eigenvalue weighted by Gasteiger charge is 2.42. The molecule has 0 amide bonds. The predicted octanol–water partition coefficient (Wildman–Crippen LogP) is 2.10. The van der Waals surface area contributed by atoms with Crippen LogP contribution in [0.1, 0.15) is 0 Å². The van der Waals surface area contributed by atoms with E-state index in [0.29, 0.717) is 0 Å². The van der Waals surface area contributed by atoms with Crippen LogP contribution in [0.4, 0.5) is 18.9 Å². The first-order valence-corrected chi connectivity index (χ1v) is 5.52. The maximum Gasteiger partial charge on any atom is 0.401 e. The van der Waals surface area contributed by atoms with Gasteiger partial charge in [0.1, 0.15) is 24.1 Å². The third-order valence-corrected chi connectivity index (χ3v) is 2.54. The van der Waals surface area contributed by atoms with Gasteiger partial charge >= 0.3 is 11.9 Å². The molecule has 3 N–H and O–H groups in total. The quantitative estimate of drug-likeness (QED) is 0.362. The van der Waals surface area contributed by atoms with Gasteiger partial charge in [-0.2, -0.15) is 13.2 Å². The number of benzene rings is 1. The Kier molecular flexibility index (Phi) is 4.95. The Hall–Kier alpha value is -2.52. The molecule has 0 bridgehead atoms. The molecule has 0 aromatic heterocycles. The molecule has 116 valence electrons. The lowest BCUT2D eigenvalue weighted by Crippen LogP contribution is -2.39. The van der Waals surface area contributed by atoms with E-state index in [0.717, 1.165) is 12.1 Å². The van der Waals surface area contributed by atoms with Crippen molar-refractivity contribution in [2.24, 2.45) is 11.7 Å². The number of methoxy groups -OCH3 is 1. The number of hydrogen-bond acceptors (Lipinski definition) is 5. The molecular weight excluding hydrogens is 295 g/mol. The number of hydrogen-bond donors (Lipinski definition) is 2. The Morgan fingerprint density at radius 3 is 2.57 bits per heavy atom. The van der Waals surface area contributed by atoms with Crippen LogP contribution in [-0.4, -0.2) is 30.7 Å². The summed E-state index contributed by atoms with van der Waals surface area (Å²) in [6, 6.07) is 3.41. The van der Waals surface area contributed by atoms with E-state index in [9.17, 15) is 23.3 Å². The van der Waals surface area contributed by atoms with E-state index in [1.807, 2.05) is 0 Å². The van der Waals surface area contributed by atoms with Crippen LogP contribution in [0.25, 0.3) is 0 Å². The number of nitrogens with two attached hydrogens (primary N) is 1. The van der Waals surface area contributed by atoms with Gasteiger partial charge in [-0.1, -0.05) is 0 Å². The SMILES string of the molecule is COc1ccc([N+](=O)[O-])c(OCC(C(=N)N)C(F)(F)F)c1. The van der Waals surface area contributed by atoms with Crippen molar-refractivity contribution in [3.63, 3.8) is 0 Å². The summed E-state index contributed by atoms with van der Waals surface area (Å²) >= 11 is 0. The van der Waals surface area contributed by atoms with E-state index in [4.69, 9.17) is 20.6 Å². The number of ether oxygens (including phenoxy) is 2. The molecule has 0 heterocycles. The van der Waals surface area contributed by atoms with Gasteiger partial charge in [0.25, 0.3) is 0 Å². The predicted molar refractivity (Wildman–Crippen MR) is 66.6 cm³/mol. The van der Waals surface area contributed by atoms with Crippen LogP contribution in [0.15, 0.2) is 18.2 Å². The normalized spacial score (nSPS) is 12.6. The number of amidine groups is 1. The van der Waals surface area contributed by atoms with Crippen molar-refractivity contribution in [2.45, 2.75) is 6.18 Å². The minimum Gasteiger partial charge on any atom is -0.497 e. The van der Waals surface area contributed by atoms with Crippen LogP contribution in [0.3, 0.4) is 0 Å². The van der Waals surface area contributed by atoms with E-state index >= 15 is 0 Å². The lowest BCUT2D eigenvalue weighted by molar-refractivity contribution is -0.386. The Labute approximate surface area is 117 Å². The smallest absolute Gasteiger partial charge is 0.401 e. The summed E-state index contributed by atoms with van der Waals surface area (Å²) in [6.07, 6.45) is -4.78. The van der Waals surface area contributed by atoms with Gasteiger partial charge in [-0.05, 0) is 6.07 Å². The van der Waals surface area contributed by atoms with Crippen LogP contribution in [-0.2, 0) is 0 Å². The van der Waals surface area contributed by atoms with Crippen molar-refractivity contribution in [3.05, 3.63) is 28.3 Å². The highest BCUT2D eigenvalue weighted by atomic mass is 19.4. The van der Waals surface area contributed by atoms with E-state index < -0.39 is 40.9 Å². The van der Waals surface area contributed by atoms with Crippen molar-refractivity contribution < 1.29 is 27.6 Å². The number of nitrogens with zero attached hydrogens (tertiary/aromatic N) is 1. The number of alkyl halides is 3. The minimum atomic E-state index is -4.78. The van der Waals surface area contributed by atoms with Crippen LogP contribution in [0.2, 0.25) is 0 Å².